The molecule has 0 amide bonds. The summed E-state index contributed by atoms with van der Waals surface area (Å²) in [5.41, 5.74) is 9.80. The Hall–Kier alpha value is -2.18. The Labute approximate surface area is 163 Å². The number of hydrogen-bond donors (Lipinski definition) is 2. The van der Waals surface area contributed by atoms with Crippen molar-refractivity contribution < 1.29 is 0 Å². The van der Waals surface area contributed by atoms with Gasteiger partial charge < -0.3 is 10.6 Å². The van der Waals surface area contributed by atoms with Crippen LogP contribution in [0.25, 0.3) is 22.4 Å². The van der Waals surface area contributed by atoms with E-state index >= 15 is 0 Å². The Morgan fingerprint density at radius 3 is 2.74 bits per heavy atom. The first-order valence-electron chi connectivity index (χ1n) is 9.63. The van der Waals surface area contributed by atoms with Crippen molar-refractivity contribution in [3.63, 3.8) is 0 Å². The molecule has 1 saturated carbocycles. The van der Waals surface area contributed by atoms with Gasteiger partial charge in [-0.25, -0.2) is 9.97 Å². The molecule has 7 heteroatoms. The highest BCUT2D eigenvalue weighted by Crippen LogP contribution is 2.45. The first-order chi connectivity index (χ1) is 13.2. The average Bonchev–Trinajstić information content (AvgIpc) is 3.26. The van der Waals surface area contributed by atoms with Gasteiger partial charge in [0.15, 0.2) is 5.65 Å². The third kappa shape index (κ3) is 2.78. The van der Waals surface area contributed by atoms with Crippen LogP contribution in [0.15, 0.2) is 30.5 Å². The molecular formula is C20H23ClN6. The zero-order chi connectivity index (χ0) is 18.4. The van der Waals surface area contributed by atoms with Crippen LogP contribution in [0.5, 0.6) is 0 Å². The maximum absolute atomic E-state index is 6.40. The Morgan fingerprint density at radius 1 is 1.19 bits per heavy atom. The highest BCUT2D eigenvalue weighted by Gasteiger charge is 2.43. The molecule has 1 atom stereocenters. The minimum atomic E-state index is 0.346. The maximum atomic E-state index is 6.40. The molecule has 1 aromatic carbocycles. The highest BCUT2D eigenvalue weighted by molar-refractivity contribution is 6.33. The van der Waals surface area contributed by atoms with Crippen LogP contribution in [0, 0.1) is 5.41 Å². The molecule has 1 aliphatic heterocycles. The van der Waals surface area contributed by atoms with E-state index in [4.69, 9.17) is 22.3 Å². The summed E-state index contributed by atoms with van der Waals surface area (Å²) in [6.45, 7) is 1.97. The third-order valence-electron chi connectivity index (χ3n) is 6.45. The molecule has 3 aromatic rings. The number of fused-ring (bicyclic) bond motifs is 1. The number of benzene rings is 1. The summed E-state index contributed by atoms with van der Waals surface area (Å²) in [5, 5.41) is 8.09. The number of anilines is 1. The first kappa shape index (κ1) is 17.0. The summed E-state index contributed by atoms with van der Waals surface area (Å²) < 4.78 is 0. The lowest BCUT2D eigenvalue weighted by Crippen LogP contribution is -2.47. The van der Waals surface area contributed by atoms with Gasteiger partial charge in [0.2, 0.25) is 0 Å². The van der Waals surface area contributed by atoms with Crippen molar-refractivity contribution in [3.05, 3.63) is 35.5 Å². The predicted octanol–water partition coefficient (Wildman–Crippen LogP) is 3.77. The Bertz CT molecular complexity index is 976. The van der Waals surface area contributed by atoms with Gasteiger partial charge in [0.05, 0.1) is 11.2 Å². The van der Waals surface area contributed by atoms with Crippen molar-refractivity contribution in [1.29, 1.82) is 0 Å². The lowest BCUT2D eigenvalue weighted by Gasteiger charge is -2.42. The molecule has 140 valence electrons. The standard InChI is InChI=1S/C20H23ClN6/c21-14-5-2-1-4-13(14)17-18-19(26-25-17)24-16(12-23-18)27-10-8-20(9-11-27)7-3-6-15(20)22/h1-2,4-5,12,15H,3,6-11,22H2,(H,24,25,26). The van der Waals surface area contributed by atoms with Crippen molar-refractivity contribution in [2.45, 2.75) is 38.1 Å². The number of rotatable bonds is 2. The Kier molecular flexibility index (Phi) is 4.06. The smallest absolute Gasteiger partial charge is 0.177 e. The fraction of sp³-hybridized carbons (Fsp3) is 0.450. The lowest BCUT2D eigenvalue weighted by atomic mass is 9.74. The average molecular weight is 383 g/mol. The molecule has 2 aliphatic rings. The second-order valence-electron chi connectivity index (χ2n) is 7.83. The van der Waals surface area contributed by atoms with Crippen LogP contribution < -0.4 is 10.6 Å². The van der Waals surface area contributed by atoms with Gasteiger partial charge in [-0.1, -0.05) is 36.2 Å². The number of nitrogens with two attached hydrogens (primary N) is 1. The van der Waals surface area contributed by atoms with Gasteiger partial charge in [-0.2, -0.15) is 5.10 Å². The molecule has 2 fully saturated rings. The molecule has 27 heavy (non-hydrogen) atoms. The molecule has 3 N–H and O–H groups in total. The van der Waals surface area contributed by atoms with Gasteiger partial charge in [0, 0.05) is 24.7 Å². The lowest BCUT2D eigenvalue weighted by molar-refractivity contribution is 0.197. The summed E-state index contributed by atoms with van der Waals surface area (Å²) in [4.78, 5) is 11.8. The molecule has 6 nitrogen and oxygen atoms in total. The molecule has 1 saturated heterocycles. The van der Waals surface area contributed by atoms with E-state index in [0.29, 0.717) is 22.1 Å². The molecule has 3 heterocycles. The summed E-state index contributed by atoms with van der Waals surface area (Å²) in [6.07, 6.45) is 7.85. The third-order valence-corrected chi connectivity index (χ3v) is 6.78. The second kappa shape index (κ2) is 6.46. The van der Waals surface area contributed by atoms with Crippen LogP contribution in [-0.2, 0) is 0 Å². The van der Waals surface area contributed by atoms with Gasteiger partial charge in [-0.15, -0.1) is 0 Å². The maximum Gasteiger partial charge on any atom is 0.177 e. The van der Waals surface area contributed by atoms with E-state index in [1.807, 2.05) is 30.5 Å². The Morgan fingerprint density at radius 2 is 2.00 bits per heavy atom. The van der Waals surface area contributed by atoms with Crippen LogP contribution in [0.2, 0.25) is 5.02 Å². The van der Waals surface area contributed by atoms with E-state index in [-0.39, 0.29) is 0 Å². The van der Waals surface area contributed by atoms with E-state index in [0.717, 1.165) is 48.5 Å². The van der Waals surface area contributed by atoms with Crippen LogP contribution >= 0.6 is 11.6 Å². The van der Waals surface area contributed by atoms with Gasteiger partial charge in [-0.3, -0.25) is 5.10 Å². The molecule has 2 aromatic heterocycles. The van der Waals surface area contributed by atoms with E-state index in [1.54, 1.807) is 0 Å². The Balaban J connectivity index is 1.41. The van der Waals surface area contributed by atoms with Crippen molar-refractivity contribution in [2.75, 3.05) is 18.0 Å². The SMILES string of the molecule is NC1CCCC12CCN(c1cnc3c(-c4ccccc4Cl)n[nH]c3n1)CC2. The van der Waals surface area contributed by atoms with Crippen molar-refractivity contribution in [2.24, 2.45) is 11.1 Å². The number of nitrogens with one attached hydrogen (secondary N) is 1. The zero-order valence-corrected chi connectivity index (χ0v) is 15.9. The molecule has 1 aliphatic carbocycles. The first-order valence-corrected chi connectivity index (χ1v) is 10.0. The van der Waals surface area contributed by atoms with E-state index in [9.17, 15) is 0 Å². The molecule has 0 bridgehead atoms. The normalized spacial score (nSPS) is 22.0. The van der Waals surface area contributed by atoms with Gasteiger partial charge >= 0.3 is 0 Å². The molecular weight excluding hydrogens is 360 g/mol. The van der Waals surface area contributed by atoms with Crippen molar-refractivity contribution in [1.82, 2.24) is 20.2 Å². The quantitative estimate of drug-likeness (QED) is 0.704. The van der Waals surface area contributed by atoms with Crippen LogP contribution in [-0.4, -0.2) is 39.3 Å². The summed E-state index contributed by atoms with van der Waals surface area (Å²) >= 11 is 6.32. The van der Waals surface area contributed by atoms with Gasteiger partial charge in [-0.05, 0) is 37.2 Å². The second-order valence-corrected chi connectivity index (χ2v) is 8.23. The van der Waals surface area contributed by atoms with Crippen LogP contribution in [0.4, 0.5) is 5.82 Å². The zero-order valence-electron chi connectivity index (χ0n) is 15.2. The number of hydrogen-bond acceptors (Lipinski definition) is 5. The van der Waals surface area contributed by atoms with Gasteiger partial charge in [0.25, 0.3) is 0 Å². The number of H-pyrrole nitrogens is 1. The summed E-state index contributed by atoms with van der Waals surface area (Å²) in [6, 6.07) is 8.02. The fourth-order valence-electron chi connectivity index (χ4n) is 4.75. The van der Waals surface area contributed by atoms with E-state index in [1.165, 1.54) is 19.3 Å². The number of nitrogens with zero attached hydrogens (tertiary/aromatic N) is 4. The van der Waals surface area contributed by atoms with Crippen molar-refractivity contribution in [3.8, 4) is 11.3 Å². The molecule has 5 rings (SSSR count). The fourth-order valence-corrected chi connectivity index (χ4v) is 4.98. The van der Waals surface area contributed by atoms with E-state index < -0.39 is 0 Å². The largest absolute Gasteiger partial charge is 0.355 e. The minimum absolute atomic E-state index is 0.346. The number of halogens is 1. The summed E-state index contributed by atoms with van der Waals surface area (Å²) in [5.74, 6) is 0.901. The van der Waals surface area contributed by atoms with Crippen LogP contribution in [0.1, 0.15) is 32.1 Å². The van der Waals surface area contributed by atoms with Gasteiger partial charge in [0.1, 0.15) is 17.0 Å². The van der Waals surface area contributed by atoms with Crippen molar-refractivity contribution >= 4 is 28.6 Å². The molecule has 0 radical (unpaired) electrons. The van der Waals surface area contributed by atoms with Crippen LogP contribution in [0.3, 0.4) is 0 Å². The highest BCUT2D eigenvalue weighted by atomic mass is 35.5. The minimum Gasteiger partial charge on any atom is -0.355 e. The monoisotopic (exact) mass is 382 g/mol. The topological polar surface area (TPSA) is 83.7 Å². The molecule has 1 spiro atoms. The summed E-state index contributed by atoms with van der Waals surface area (Å²) in [7, 11) is 0. The number of piperidine rings is 1. The predicted molar refractivity (Wildman–Crippen MR) is 108 cm³/mol. The molecule has 1 unspecified atom stereocenters. The number of aromatic nitrogens is 4. The number of aromatic amines is 1. The van der Waals surface area contributed by atoms with E-state index in [2.05, 4.69) is 20.1 Å².